The minimum absolute atomic E-state index is 0.128. The number of nitrogens with zero attached hydrogens (tertiary/aromatic N) is 3. The van der Waals surface area contributed by atoms with Crippen molar-refractivity contribution in [3.63, 3.8) is 0 Å². The number of aryl methyl sites for hydroxylation is 3. The SMILES string of the molecule is Cc1cc(=O)n2c(n1)NC(Nc1ccc(C)c(C)c1)=N[C@@H]2c1ccc(C(C)C)cc1. The molecule has 0 spiro atoms. The number of hydrogen-bond acceptors (Lipinski definition) is 5. The van der Waals surface area contributed by atoms with Crippen LogP contribution in [0.2, 0.25) is 0 Å². The number of guanidine groups is 1. The van der Waals surface area contributed by atoms with Crippen molar-refractivity contribution in [1.29, 1.82) is 0 Å². The highest BCUT2D eigenvalue weighted by atomic mass is 16.1. The molecule has 0 bridgehead atoms. The average Bonchev–Trinajstić information content (AvgIpc) is 2.70. The molecule has 1 aliphatic rings. The first-order chi connectivity index (χ1) is 14.3. The number of benzene rings is 2. The maximum Gasteiger partial charge on any atom is 0.257 e. The van der Waals surface area contributed by atoms with Crippen LogP contribution in [-0.4, -0.2) is 15.5 Å². The van der Waals surface area contributed by atoms with Gasteiger partial charge in [-0.15, -0.1) is 0 Å². The van der Waals surface area contributed by atoms with Gasteiger partial charge in [0.1, 0.15) is 0 Å². The zero-order valence-corrected chi connectivity index (χ0v) is 18.0. The summed E-state index contributed by atoms with van der Waals surface area (Å²) < 4.78 is 1.60. The highest BCUT2D eigenvalue weighted by Crippen LogP contribution is 2.27. The smallest absolute Gasteiger partial charge is 0.257 e. The lowest BCUT2D eigenvalue weighted by molar-refractivity contribution is 0.577. The first-order valence-corrected chi connectivity index (χ1v) is 10.2. The van der Waals surface area contributed by atoms with E-state index >= 15 is 0 Å². The highest BCUT2D eigenvalue weighted by molar-refractivity contribution is 6.03. The summed E-state index contributed by atoms with van der Waals surface area (Å²) in [6, 6.07) is 16.0. The van der Waals surface area contributed by atoms with E-state index in [4.69, 9.17) is 4.99 Å². The number of rotatable bonds is 3. The van der Waals surface area contributed by atoms with Crippen LogP contribution in [0.4, 0.5) is 11.6 Å². The van der Waals surface area contributed by atoms with E-state index in [0.29, 0.717) is 23.5 Å². The van der Waals surface area contributed by atoms with Crippen LogP contribution in [0.3, 0.4) is 0 Å². The molecule has 0 saturated heterocycles. The fourth-order valence-corrected chi connectivity index (χ4v) is 3.54. The average molecular weight is 402 g/mol. The Morgan fingerprint density at radius 1 is 1.00 bits per heavy atom. The molecule has 0 radical (unpaired) electrons. The molecule has 154 valence electrons. The van der Waals surface area contributed by atoms with E-state index in [1.807, 2.05) is 25.1 Å². The highest BCUT2D eigenvalue weighted by Gasteiger charge is 2.25. The van der Waals surface area contributed by atoms with Gasteiger partial charge in [-0.2, -0.15) is 0 Å². The lowest BCUT2D eigenvalue weighted by atomic mass is 10.0. The molecule has 1 atom stereocenters. The molecule has 3 aromatic rings. The van der Waals surface area contributed by atoms with Crippen molar-refractivity contribution in [2.45, 2.75) is 46.7 Å². The number of nitrogens with one attached hydrogen (secondary N) is 2. The van der Waals surface area contributed by atoms with Crippen molar-refractivity contribution in [3.8, 4) is 0 Å². The molecule has 1 aliphatic heterocycles. The van der Waals surface area contributed by atoms with Crippen molar-refractivity contribution in [1.82, 2.24) is 9.55 Å². The predicted molar refractivity (Wildman–Crippen MR) is 123 cm³/mol. The number of anilines is 2. The quantitative estimate of drug-likeness (QED) is 0.665. The monoisotopic (exact) mass is 401 g/mol. The molecule has 0 saturated carbocycles. The number of fused-ring (bicyclic) bond motifs is 1. The van der Waals surface area contributed by atoms with Gasteiger partial charge in [-0.1, -0.05) is 44.2 Å². The van der Waals surface area contributed by atoms with Gasteiger partial charge >= 0.3 is 0 Å². The van der Waals surface area contributed by atoms with Crippen molar-refractivity contribution < 1.29 is 0 Å². The maximum absolute atomic E-state index is 12.8. The summed E-state index contributed by atoms with van der Waals surface area (Å²) in [5.74, 6) is 1.49. The van der Waals surface area contributed by atoms with Gasteiger partial charge in [0.05, 0.1) is 0 Å². The van der Waals surface area contributed by atoms with Gasteiger partial charge in [-0.3, -0.25) is 14.7 Å². The number of aliphatic imine (C=N–C) groups is 1. The molecule has 0 fully saturated rings. The van der Waals surface area contributed by atoms with Crippen LogP contribution in [0.1, 0.15) is 53.9 Å². The van der Waals surface area contributed by atoms with Crippen molar-refractivity contribution >= 4 is 17.6 Å². The molecule has 6 heteroatoms. The lowest BCUT2D eigenvalue weighted by Crippen LogP contribution is -2.37. The predicted octanol–water partition coefficient (Wildman–Crippen LogP) is 4.73. The van der Waals surface area contributed by atoms with Crippen LogP contribution in [0.25, 0.3) is 0 Å². The molecule has 2 N–H and O–H groups in total. The van der Waals surface area contributed by atoms with Crippen LogP contribution in [-0.2, 0) is 0 Å². The Bertz CT molecular complexity index is 1180. The Morgan fingerprint density at radius 3 is 2.40 bits per heavy atom. The second-order valence-electron chi connectivity index (χ2n) is 8.15. The fourth-order valence-electron chi connectivity index (χ4n) is 3.54. The van der Waals surface area contributed by atoms with Crippen LogP contribution in [0.5, 0.6) is 0 Å². The summed E-state index contributed by atoms with van der Waals surface area (Å²) in [5.41, 5.74) is 6.09. The summed E-state index contributed by atoms with van der Waals surface area (Å²) in [5, 5.41) is 6.52. The van der Waals surface area contributed by atoms with Gasteiger partial charge in [0, 0.05) is 17.4 Å². The second kappa shape index (κ2) is 7.78. The number of aromatic nitrogens is 2. The largest absolute Gasteiger partial charge is 0.326 e. The molecule has 2 aromatic carbocycles. The zero-order chi connectivity index (χ0) is 21.4. The van der Waals surface area contributed by atoms with Gasteiger partial charge in [-0.05, 0) is 61.1 Å². The van der Waals surface area contributed by atoms with Gasteiger partial charge in [-0.25, -0.2) is 9.98 Å². The van der Waals surface area contributed by atoms with Gasteiger partial charge in [0.25, 0.3) is 5.56 Å². The molecule has 6 nitrogen and oxygen atoms in total. The number of hydrogen-bond donors (Lipinski definition) is 2. The van der Waals surface area contributed by atoms with Gasteiger partial charge in [0.2, 0.25) is 11.9 Å². The van der Waals surface area contributed by atoms with E-state index in [0.717, 1.165) is 11.3 Å². The third kappa shape index (κ3) is 3.85. The van der Waals surface area contributed by atoms with E-state index in [1.165, 1.54) is 22.8 Å². The summed E-state index contributed by atoms with van der Waals surface area (Å²) in [6.45, 7) is 10.3. The first kappa shape index (κ1) is 19.9. The standard InChI is InChI=1S/C24H27N5O/c1-14(2)18-7-9-19(10-8-18)22-27-23(26-20-11-6-15(3)16(4)12-20)28-24-25-17(5)13-21(30)29(22)24/h6-14,22H,1-5H3,(H2,25,26,27,28)/t22-/m0/s1. The Hall–Kier alpha value is -3.41. The van der Waals surface area contributed by atoms with E-state index in [-0.39, 0.29) is 5.56 Å². The van der Waals surface area contributed by atoms with E-state index < -0.39 is 6.17 Å². The fraction of sp³-hybridized carbons (Fsp3) is 0.292. The minimum Gasteiger partial charge on any atom is -0.326 e. The summed E-state index contributed by atoms with van der Waals surface area (Å²) in [7, 11) is 0. The minimum atomic E-state index is -0.489. The van der Waals surface area contributed by atoms with Gasteiger partial charge in [0.15, 0.2) is 6.17 Å². The summed E-state index contributed by atoms with van der Waals surface area (Å²) in [4.78, 5) is 22.2. The first-order valence-electron chi connectivity index (χ1n) is 10.2. The lowest BCUT2D eigenvalue weighted by Gasteiger charge is -2.27. The Morgan fingerprint density at radius 2 is 1.73 bits per heavy atom. The summed E-state index contributed by atoms with van der Waals surface area (Å²) >= 11 is 0. The van der Waals surface area contributed by atoms with Crippen LogP contribution < -0.4 is 16.2 Å². The van der Waals surface area contributed by atoms with Crippen molar-refractivity contribution in [2.24, 2.45) is 4.99 Å². The molecular weight excluding hydrogens is 374 g/mol. The maximum atomic E-state index is 12.8. The third-order valence-corrected chi connectivity index (χ3v) is 5.48. The molecule has 0 amide bonds. The van der Waals surface area contributed by atoms with E-state index in [2.05, 4.69) is 67.6 Å². The Labute approximate surface area is 176 Å². The Balaban J connectivity index is 1.77. The molecule has 30 heavy (non-hydrogen) atoms. The molecule has 0 unspecified atom stereocenters. The molecule has 1 aromatic heterocycles. The summed E-state index contributed by atoms with van der Waals surface area (Å²) in [6.07, 6.45) is -0.489. The van der Waals surface area contributed by atoms with Gasteiger partial charge < -0.3 is 5.32 Å². The molecular formula is C24H27N5O. The van der Waals surface area contributed by atoms with Crippen molar-refractivity contribution in [2.75, 3.05) is 10.6 Å². The third-order valence-electron chi connectivity index (χ3n) is 5.48. The Kier molecular flexibility index (Phi) is 5.16. The van der Waals surface area contributed by atoms with E-state index in [1.54, 1.807) is 4.57 Å². The van der Waals surface area contributed by atoms with E-state index in [9.17, 15) is 4.79 Å². The second-order valence-corrected chi connectivity index (χ2v) is 8.15. The topological polar surface area (TPSA) is 71.3 Å². The van der Waals surface area contributed by atoms with Crippen LogP contribution in [0.15, 0.2) is 58.3 Å². The van der Waals surface area contributed by atoms with Crippen molar-refractivity contribution in [3.05, 3.63) is 86.8 Å². The van der Waals surface area contributed by atoms with Crippen LogP contribution >= 0.6 is 0 Å². The molecule has 2 heterocycles. The molecule has 0 aliphatic carbocycles. The van der Waals surface area contributed by atoms with Crippen LogP contribution in [0, 0.1) is 20.8 Å². The zero-order valence-electron chi connectivity index (χ0n) is 18.0. The normalized spacial score (nSPS) is 15.4. The molecule has 4 rings (SSSR count).